The summed E-state index contributed by atoms with van der Waals surface area (Å²) in [6.45, 7) is 1.90. The lowest BCUT2D eigenvalue weighted by atomic mass is 10.2. The summed E-state index contributed by atoms with van der Waals surface area (Å²) >= 11 is 0. The largest absolute Gasteiger partial charge is 0.485 e. The molecular formula is C21H20O5S. The predicted octanol–water partition coefficient (Wildman–Crippen LogP) is 3.83. The van der Waals surface area contributed by atoms with E-state index < -0.39 is 10.1 Å². The van der Waals surface area contributed by atoms with Crippen LogP contribution in [0.5, 0.6) is 11.5 Å². The molecule has 0 amide bonds. The van der Waals surface area contributed by atoms with Gasteiger partial charge in [0, 0.05) is 0 Å². The van der Waals surface area contributed by atoms with Crippen molar-refractivity contribution in [1.82, 2.24) is 0 Å². The second-order valence-electron chi connectivity index (χ2n) is 6.06. The normalized spacial score (nSPS) is 11.2. The standard InChI is InChI=1S/C21H20O5S/c1-16-7-10-19(11-8-16)27(23,24)26-21-13-18(14-22)9-12-20(21)25-15-17-5-3-2-4-6-17/h2-13,22H,14-15H2,1H3. The summed E-state index contributed by atoms with van der Waals surface area (Å²) in [5, 5.41) is 9.36. The van der Waals surface area contributed by atoms with E-state index in [1.165, 1.54) is 18.2 Å². The summed E-state index contributed by atoms with van der Waals surface area (Å²) in [4.78, 5) is 0.0523. The van der Waals surface area contributed by atoms with Gasteiger partial charge in [0.25, 0.3) is 0 Å². The maximum atomic E-state index is 12.6. The molecule has 0 unspecified atom stereocenters. The monoisotopic (exact) mass is 384 g/mol. The minimum atomic E-state index is -4.02. The van der Waals surface area contributed by atoms with Gasteiger partial charge in [0.2, 0.25) is 0 Å². The first kappa shape index (κ1) is 18.9. The average molecular weight is 384 g/mol. The Morgan fingerprint density at radius 1 is 0.852 bits per heavy atom. The minimum Gasteiger partial charge on any atom is -0.485 e. The van der Waals surface area contributed by atoms with Crippen molar-refractivity contribution in [1.29, 1.82) is 0 Å². The van der Waals surface area contributed by atoms with E-state index in [9.17, 15) is 13.5 Å². The summed E-state index contributed by atoms with van der Waals surface area (Å²) in [6, 6.07) is 20.6. The van der Waals surface area contributed by atoms with Crippen LogP contribution in [0.4, 0.5) is 0 Å². The second-order valence-corrected chi connectivity index (χ2v) is 7.61. The number of aliphatic hydroxyl groups is 1. The van der Waals surface area contributed by atoms with E-state index in [0.717, 1.165) is 11.1 Å². The Hall–Kier alpha value is -2.83. The van der Waals surface area contributed by atoms with Gasteiger partial charge in [-0.2, -0.15) is 8.42 Å². The molecule has 0 aliphatic rings. The molecule has 1 N–H and O–H groups in total. The average Bonchev–Trinajstić information content (AvgIpc) is 2.68. The van der Waals surface area contributed by atoms with Gasteiger partial charge in [0.1, 0.15) is 11.5 Å². The molecule has 5 nitrogen and oxygen atoms in total. The van der Waals surface area contributed by atoms with Crippen molar-refractivity contribution in [2.45, 2.75) is 25.0 Å². The zero-order valence-electron chi connectivity index (χ0n) is 14.8. The van der Waals surface area contributed by atoms with E-state index in [0.29, 0.717) is 5.56 Å². The first-order chi connectivity index (χ1) is 13.0. The highest BCUT2D eigenvalue weighted by molar-refractivity contribution is 7.87. The molecule has 0 aromatic heterocycles. The lowest BCUT2D eigenvalue weighted by Crippen LogP contribution is -2.11. The van der Waals surface area contributed by atoms with Crippen LogP contribution in [-0.2, 0) is 23.3 Å². The van der Waals surface area contributed by atoms with Crippen molar-refractivity contribution in [3.63, 3.8) is 0 Å². The van der Waals surface area contributed by atoms with Crippen molar-refractivity contribution < 1.29 is 22.4 Å². The Balaban J connectivity index is 1.87. The molecule has 0 spiro atoms. The van der Waals surface area contributed by atoms with Crippen molar-refractivity contribution in [2.24, 2.45) is 0 Å². The Kier molecular flexibility index (Phi) is 5.78. The van der Waals surface area contributed by atoms with E-state index in [1.54, 1.807) is 24.3 Å². The van der Waals surface area contributed by atoms with Gasteiger partial charge in [0.15, 0.2) is 11.5 Å². The molecule has 3 rings (SSSR count). The van der Waals surface area contributed by atoms with Gasteiger partial charge in [-0.15, -0.1) is 0 Å². The molecule has 0 aliphatic carbocycles. The summed E-state index contributed by atoms with van der Waals surface area (Å²) in [6.07, 6.45) is 0. The van der Waals surface area contributed by atoms with Crippen LogP contribution in [0.1, 0.15) is 16.7 Å². The smallest absolute Gasteiger partial charge is 0.339 e. The number of hydrogen-bond acceptors (Lipinski definition) is 5. The topological polar surface area (TPSA) is 72.8 Å². The van der Waals surface area contributed by atoms with Crippen molar-refractivity contribution in [3.8, 4) is 11.5 Å². The highest BCUT2D eigenvalue weighted by atomic mass is 32.2. The van der Waals surface area contributed by atoms with Crippen molar-refractivity contribution in [3.05, 3.63) is 89.5 Å². The van der Waals surface area contributed by atoms with Crippen LogP contribution >= 0.6 is 0 Å². The molecule has 3 aromatic rings. The summed E-state index contributed by atoms with van der Waals surface area (Å²) in [5.74, 6) is 0.324. The zero-order valence-corrected chi connectivity index (χ0v) is 15.6. The van der Waals surface area contributed by atoms with Gasteiger partial charge < -0.3 is 14.0 Å². The Bertz CT molecular complexity index is 997. The zero-order chi connectivity index (χ0) is 19.3. The summed E-state index contributed by atoms with van der Waals surface area (Å²) in [5.41, 5.74) is 2.41. The van der Waals surface area contributed by atoms with Crippen LogP contribution in [0.25, 0.3) is 0 Å². The van der Waals surface area contributed by atoms with Gasteiger partial charge in [-0.1, -0.05) is 54.1 Å². The highest BCUT2D eigenvalue weighted by Gasteiger charge is 2.19. The van der Waals surface area contributed by atoms with Crippen LogP contribution in [0.3, 0.4) is 0 Å². The fourth-order valence-corrected chi connectivity index (χ4v) is 3.37. The Labute approximate surface area is 158 Å². The molecular weight excluding hydrogens is 364 g/mol. The number of hydrogen-bond donors (Lipinski definition) is 1. The lowest BCUT2D eigenvalue weighted by molar-refractivity contribution is 0.278. The fraction of sp³-hybridized carbons (Fsp3) is 0.143. The molecule has 0 saturated heterocycles. The number of benzene rings is 3. The van der Waals surface area contributed by atoms with Crippen molar-refractivity contribution in [2.75, 3.05) is 0 Å². The van der Waals surface area contributed by atoms with E-state index in [2.05, 4.69) is 0 Å². The SMILES string of the molecule is Cc1ccc(S(=O)(=O)Oc2cc(CO)ccc2OCc2ccccc2)cc1. The van der Waals surface area contributed by atoms with Gasteiger partial charge in [-0.25, -0.2) is 0 Å². The van der Waals surface area contributed by atoms with Crippen LogP contribution in [0.2, 0.25) is 0 Å². The Morgan fingerprint density at radius 3 is 2.22 bits per heavy atom. The van der Waals surface area contributed by atoms with Crippen LogP contribution < -0.4 is 8.92 Å². The van der Waals surface area contributed by atoms with E-state index in [-0.39, 0.29) is 29.6 Å². The molecule has 6 heteroatoms. The maximum absolute atomic E-state index is 12.6. The predicted molar refractivity (Wildman–Crippen MR) is 102 cm³/mol. The fourth-order valence-electron chi connectivity index (χ4n) is 2.44. The van der Waals surface area contributed by atoms with E-state index in [4.69, 9.17) is 8.92 Å². The number of ether oxygens (including phenoxy) is 1. The van der Waals surface area contributed by atoms with Gasteiger partial charge in [0.05, 0.1) is 6.61 Å². The minimum absolute atomic E-state index is 0.0399. The van der Waals surface area contributed by atoms with Gasteiger partial charge in [-0.3, -0.25) is 0 Å². The maximum Gasteiger partial charge on any atom is 0.339 e. The van der Waals surface area contributed by atoms with E-state index in [1.807, 2.05) is 37.3 Å². The van der Waals surface area contributed by atoms with Gasteiger partial charge >= 0.3 is 10.1 Å². The van der Waals surface area contributed by atoms with Crippen molar-refractivity contribution >= 4 is 10.1 Å². The van der Waals surface area contributed by atoms with E-state index >= 15 is 0 Å². The number of rotatable bonds is 7. The molecule has 0 radical (unpaired) electrons. The third kappa shape index (κ3) is 4.87. The third-order valence-electron chi connectivity index (χ3n) is 3.94. The quantitative estimate of drug-likeness (QED) is 0.627. The molecule has 0 saturated carbocycles. The number of aliphatic hydroxyl groups excluding tert-OH is 1. The second kappa shape index (κ2) is 8.24. The molecule has 0 bridgehead atoms. The lowest BCUT2D eigenvalue weighted by Gasteiger charge is -2.14. The molecule has 0 fully saturated rings. The van der Waals surface area contributed by atoms with Gasteiger partial charge in [-0.05, 0) is 42.3 Å². The third-order valence-corrected chi connectivity index (χ3v) is 5.19. The van der Waals surface area contributed by atoms with Crippen LogP contribution in [0.15, 0.2) is 77.7 Å². The van der Waals surface area contributed by atoms with Crippen LogP contribution in [0, 0.1) is 6.92 Å². The van der Waals surface area contributed by atoms with Crippen LogP contribution in [-0.4, -0.2) is 13.5 Å². The molecule has 3 aromatic carbocycles. The molecule has 0 heterocycles. The highest BCUT2D eigenvalue weighted by Crippen LogP contribution is 2.32. The molecule has 0 atom stereocenters. The summed E-state index contributed by atoms with van der Waals surface area (Å²) in [7, 11) is -4.02. The first-order valence-electron chi connectivity index (χ1n) is 8.39. The first-order valence-corrected chi connectivity index (χ1v) is 9.80. The molecule has 27 heavy (non-hydrogen) atoms. The Morgan fingerprint density at radius 2 is 1.56 bits per heavy atom. The molecule has 140 valence electrons. The summed E-state index contributed by atoms with van der Waals surface area (Å²) < 4.78 is 36.3. The number of aryl methyl sites for hydroxylation is 1. The molecule has 0 aliphatic heterocycles.